The number of carbonyl (C=O) groups excluding carboxylic acids is 1. The van der Waals surface area contributed by atoms with Crippen molar-refractivity contribution in [2.45, 2.75) is 12.4 Å². The number of nitrogens with zero attached hydrogens (tertiary/aromatic N) is 1. The molecule has 0 fully saturated rings. The molecule has 2 N–H and O–H groups in total. The Morgan fingerprint density at radius 2 is 1.56 bits per heavy atom. The normalized spacial score (nSPS) is 11.6. The molecule has 0 heterocycles. The van der Waals surface area contributed by atoms with E-state index in [1.165, 1.54) is 6.07 Å². The van der Waals surface area contributed by atoms with Gasteiger partial charge < -0.3 is 0 Å². The Morgan fingerprint density at radius 3 is 2.11 bits per heavy atom. The number of amides is 1. The van der Waals surface area contributed by atoms with Crippen LogP contribution in [0.5, 0.6) is 0 Å². The SMILES string of the molecule is N#Cc1ccc(NNC(=O)c2ccc(F)c(C(F)(F)F)c2)c(C(F)(F)F)c1. The van der Waals surface area contributed by atoms with Crippen LogP contribution in [-0.2, 0) is 12.4 Å². The quantitative estimate of drug-likeness (QED) is 0.599. The second kappa shape index (κ2) is 7.14. The molecule has 4 nitrogen and oxygen atoms in total. The summed E-state index contributed by atoms with van der Waals surface area (Å²) in [5.74, 6) is -2.82. The molecule has 0 saturated heterocycles. The van der Waals surface area contributed by atoms with E-state index in [1.807, 2.05) is 5.43 Å². The zero-order valence-corrected chi connectivity index (χ0v) is 13.0. The van der Waals surface area contributed by atoms with Gasteiger partial charge in [0.05, 0.1) is 28.4 Å². The van der Waals surface area contributed by atoms with E-state index >= 15 is 0 Å². The third-order valence-electron chi connectivity index (χ3n) is 3.30. The van der Waals surface area contributed by atoms with Gasteiger partial charge in [-0.05, 0) is 36.4 Å². The van der Waals surface area contributed by atoms with Crippen LogP contribution < -0.4 is 10.9 Å². The summed E-state index contributed by atoms with van der Waals surface area (Å²) in [6.45, 7) is 0. The highest BCUT2D eigenvalue weighted by Gasteiger charge is 2.35. The van der Waals surface area contributed by atoms with Crippen molar-refractivity contribution in [3.63, 3.8) is 0 Å². The summed E-state index contributed by atoms with van der Waals surface area (Å²) < 4.78 is 90.2. The molecule has 0 atom stereocenters. The van der Waals surface area contributed by atoms with Gasteiger partial charge in [0.25, 0.3) is 5.91 Å². The van der Waals surface area contributed by atoms with Crippen molar-refractivity contribution in [1.29, 1.82) is 5.26 Å². The summed E-state index contributed by atoms with van der Waals surface area (Å²) in [7, 11) is 0. The first kappa shape index (κ1) is 20.0. The maximum atomic E-state index is 13.2. The fourth-order valence-corrected chi connectivity index (χ4v) is 2.04. The fourth-order valence-electron chi connectivity index (χ4n) is 2.04. The van der Waals surface area contributed by atoms with Crippen molar-refractivity contribution in [2.24, 2.45) is 0 Å². The molecule has 0 aliphatic rings. The van der Waals surface area contributed by atoms with E-state index in [9.17, 15) is 35.5 Å². The van der Waals surface area contributed by atoms with E-state index in [0.717, 1.165) is 18.2 Å². The van der Waals surface area contributed by atoms with Gasteiger partial charge in [-0.15, -0.1) is 0 Å². The van der Waals surface area contributed by atoms with Crippen LogP contribution in [0.3, 0.4) is 0 Å². The van der Waals surface area contributed by atoms with Gasteiger partial charge in [0.1, 0.15) is 5.82 Å². The first-order chi connectivity index (χ1) is 12.4. The predicted octanol–water partition coefficient (Wildman–Crippen LogP) is 4.49. The van der Waals surface area contributed by atoms with Crippen LogP contribution in [0.4, 0.5) is 36.4 Å². The van der Waals surface area contributed by atoms with Crippen LogP contribution >= 0.6 is 0 Å². The molecule has 142 valence electrons. The van der Waals surface area contributed by atoms with Crippen LogP contribution in [0, 0.1) is 17.1 Å². The zero-order chi connectivity index (χ0) is 20.4. The minimum atomic E-state index is -5.05. The van der Waals surface area contributed by atoms with E-state index in [1.54, 1.807) is 5.43 Å². The van der Waals surface area contributed by atoms with Crippen molar-refractivity contribution in [3.8, 4) is 6.07 Å². The van der Waals surface area contributed by atoms with Gasteiger partial charge in [-0.1, -0.05) is 0 Å². The summed E-state index contributed by atoms with van der Waals surface area (Å²) in [6.07, 6.45) is -9.91. The number of carbonyl (C=O) groups is 1. The molecule has 0 aromatic heterocycles. The lowest BCUT2D eigenvalue weighted by atomic mass is 10.1. The molecule has 27 heavy (non-hydrogen) atoms. The van der Waals surface area contributed by atoms with Gasteiger partial charge in [0.2, 0.25) is 0 Å². The Kier molecular flexibility index (Phi) is 5.30. The number of hydrogen-bond acceptors (Lipinski definition) is 3. The highest BCUT2D eigenvalue weighted by Crippen LogP contribution is 2.35. The first-order valence-corrected chi connectivity index (χ1v) is 6.98. The topological polar surface area (TPSA) is 64.9 Å². The Morgan fingerprint density at radius 1 is 0.926 bits per heavy atom. The van der Waals surface area contributed by atoms with Crippen molar-refractivity contribution in [3.05, 3.63) is 64.5 Å². The first-order valence-electron chi connectivity index (χ1n) is 6.98. The average molecular weight is 391 g/mol. The molecule has 2 rings (SSSR count). The second-order valence-corrected chi connectivity index (χ2v) is 5.14. The summed E-state index contributed by atoms with van der Waals surface area (Å²) in [6, 6.07) is 5.37. The van der Waals surface area contributed by atoms with Crippen LogP contribution in [0.15, 0.2) is 36.4 Å². The third kappa shape index (κ3) is 4.66. The molecule has 0 bridgehead atoms. The van der Waals surface area contributed by atoms with E-state index in [0.29, 0.717) is 12.1 Å². The van der Waals surface area contributed by atoms with E-state index in [2.05, 4.69) is 0 Å². The number of anilines is 1. The smallest absolute Gasteiger partial charge is 0.298 e. The van der Waals surface area contributed by atoms with Crippen molar-refractivity contribution >= 4 is 11.6 Å². The summed E-state index contributed by atoms with van der Waals surface area (Å²) in [5.41, 5.74) is -0.760. The molecule has 0 spiro atoms. The molecular formula is C16H8F7N3O. The minimum Gasteiger partial charge on any atom is -0.298 e. The Bertz CT molecular complexity index is 914. The second-order valence-electron chi connectivity index (χ2n) is 5.14. The molecule has 2 aromatic carbocycles. The van der Waals surface area contributed by atoms with Crippen LogP contribution in [-0.4, -0.2) is 5.91 Å². The van der Waals surface area contributed by atoms with Gasteiger partial charge in [0, 0.05) is 5.56 Å². The summed E-state index contributed by atoms with van der Waals surface area (Å²) in [5, 5.41) is 8.67. The number of benzene rings is 2. The molecular weight excluding hydrogens is 383 g/mol. The molecule has 0 unspecified atom stereocenters. The monoisotopic (exact) mass is 391 g/mol. The number of rotatable bonds is 3. The highest BCUT2D eigenvalue weighted by molar-refractivity contribution is 5.95. The number of alkyl halides is 6. The number of nitrogens with one attached hydrogen (secondary N) is 2. The van der Waals surface area contributed by atoms with Gasteiger partial charge in [0.15, 0.2) is 0 Å². The lowest BCUT2D eigenvalue weighted by Crippen LogP contribution is -2.31. The van der Waals surface area contributed by atoms with Crippen molar-refractivity contribution in [2.75, 3.05) is 5.43 Å². The molecule has 0 saturated carbocycles. The summed E-state index contributed by atoms with van der Waals surface area (Å²) >= 11 is 0. The molecule has 1 amide bonds. The molecule has 0 aliphatic carbocycles. The maximum absolute atomic E-state index is 13.2. The predicted molar refractivity (Wildman–Crippen MR) is 78.6 cm³/mol. The molecule has 2 aromatic rings. The number of hydrazine groups is 1. The van der Waals surface area contributed by atoms with Crippen molar-refractivity contribution < 1.29 is 35.5 Å². The largest absolute Gasteiger partial charge is 0.419 e. The van der Waals surface area contributed by atoms with E-state index < -0.39 is 46.5 Å². The number of halogens is 7. The average Bonchev–Trinajstić information content (AvgIpc) is 2.58. The van der Waals surface area contributed by atoms with Crippen LogP contribution in [0.1, 0.15) is 27.0 Å². The minimum absolute atomic E-state index is 0.232. The Balaban J connectivity index is 2.26. The van der Waals surface area contributed by atoms with Gasteiger partial charge in [-0.3, -0.25) is 15.6 Å². The third-order valence-corrected chi connectivity index (χ3v) is 3.30. The van der Waals surface area contributed by atoms with Gasteiger partial charge >= 0.3 is 12.4 Å². The molecule has 0 radical (unpaired) electrons. The lowest BCUT2D eigenvalue weighted by Gasteiger charge is -2.16. The Labute approximate surface area is 147 Å². The maximum Gasteiger partial charge on any atom is 0.419 e. The zero-order valence-electron chi connectivity index (χ0n) is 13.0. The van der Waals surface area contributed by atoms with Gasteiger partial charge in [-0.2, -0.15) is 31.6 Å². The Hall–Kier alpha value is -3.29. The number of nitriles is 1. The van der Waals surface area contributed by atoms with Crippen molar-refractivity contribution in [1.82, 2.24) is 5.43 Å². The fraction of sp³-hybridized carbons (Fsp3) is 0.125. The van der Waals surface area contributed by atoms with Crippen LogP contribution in [0.2, 0.25) is 0 Å². The standard InChI is InChI=1S/C16H8F7N3O/c17-12-3-2-9(6-10(12)15(18,19)20)14(27)26-25-13-4-1-8(7-24)5-11(13)16(21,22)23/h1-6,25H,(H,26,27). The van der Waals surface area contributed by atoms with E-state index in [4.69, 9.17) is 5.26 Å². The molecule has 0 aliphatic heterocycles. The lowest BCUT2D eigenvalue weighted by molar-refractivity contribution is -0.140. The van der Waals surface area contributed by atoms with E-state index in [-0.39, 0.29) is 11.6 Å². The summed E-state index contributed by atoms with van der Waals surface area (Å²) in [4.78, 5) is 11.9. The number of hydrogen-bond donors (Lipinski definition) is 2. The van der Waals surface area contributed by atoms with Crippen LogP contribution in [0.25, 0.3) is 0 Å². The van der Waals surface area contributed by atoms with Gasteiger partial charge in [-0.25, -0.2) is 4.39 Å². The highest BCUT2D eigenvalue weighted by atomic mass is 19.4. The molecule has 11 heteroatoms.